The second kappa shape index (κ2) is 6.80. The molecule has 0 aliphatic rings. The van der Waals surface area contributed by atoms with Crippen molar-refractivity contribution in [2.24, 2.45) is 0 Å². The Kier molecular flexibility index (Phi) is 5.04. The van der Waals surface area contributed by atoms with Crippen LogP contribution in [0.3, 0.4) is 0 Å². The second-order valence-corrected chi connectivity index (χ2v) is 5.42. The Morgan fingerprint density at radius 3 is 2.41 bits per heavy atom. The fourth-order valence-corrected chi connectivity index (χ4v) is 2.62. The minimum atomic E-state index is -1.48. The third-order valence-electron chi connectivity index (χ3n) is 3.46. The molecular formula is C17H12BrF2NO. The molecule has 0 N–H and O–H groups in total. The van der Waals surface area contributed by atoms with E-state index in [9.17, 15) is 18.8 Å². The lowest BCUT2D eigenvalue weighted by Crippen LogP contribution is -2.31. The molecule has 0 radical (unpaired) electrons. The monoisotopic (exact) mass is 363 g/mol. The van der Waals surface area contributed by atoms with E-state index in [1.807, 2.05) is 0 Å². The van der Waals surface area contributed by atoms with Crippen LogP contribution in [0.4, 0.5) is 8.78 Å². The lowest BCUT2D eigenvalue weighted by Gasteiger charge is -2.27. The van der Waals surface area contributed by atoms with Gasteiger partial charge in [-0.05, 0) is 11.6 Å². The van der Waals surface area contributed by atoms with Crippen molar-refractivity contribution in [2.75, 3.05) is 5.33 Å². The van der Waals surface area contributed by atoms with E-state index in [1.54, 1.807) is 30.3 Å². The number of rotatable bonds is 5. The fraction of sp³-hybridized carbons (Fsp3) is 0.176. The first-order valence-electron chi connectivity index (χ1n) is 6.53. The average Bonchev–Trinajstić information content (AvgIpc) is 2.53. The maximum absolute atomic E-state index is 14.3. The van der Waals surface area contributed by atoms with Crippen LogP contribution in [0.15, 0.2) is 48.5 Å². The summed E-state index contributed by atoms with van der Waals surface area (Å²) in [6.45, 7) is 0. The molecule has 0 aliphatic heterocycles. The van der Waals surface area contributed by atoms with Gasteiger partial charge < -0.3 is 0 Å². The van der Waals surface area contributed by atoms with E-state index in [2.05, 4.69) is 22.0 Å². The first-order valence-corrected chi connectivity index (χ1v) is 7.65. The van der Waals surface area contributed by atoms with Crippen molar-refractivity contribution in [1.29, 1.82) is 5.26 Å². The molecule has 0 saturated heterocycles. The molecule has 0 aliphatic carbocycles. The summed E-state index contributed by atoms with van der Waals surface area (Å²) in [5, 5.41) is 9.81. The number of nitrogens with zero attached hydrogens (tertiary/aromatic N) is 1. The first-order chi connectivity index (χ1) is 10.5. The van der Waals surface area contributed by atoms with Crippen molar-refractivity contribution in [1.82, 2.24) is 0 Å². The second-order valence-electron chi connectivity index (χ2n) is 4.86. The highest BCUT2D eigenvalue weighted by Gasteiger charge is 2.38. The molecule has 0 spiro atoms. The Morgan fingerprint density at radius 2 is 1.86 bits per heavy atom. The van der Waals surface area contributed by atoms with E-state index in [4.69, 9.17) is 0 Å². The highest BCUT2D eigenvalue weighted by atomic mass is 79.9. The minimum Gasteiger partial charge on any atom is -0.299 e. The Balaban J connectivity index is 2.69. The zero-order valence-corrected chi connectivity index (χ0v) is 13.1. The third kappa shape index (κ3) is 3.07. The van der Waals surface area contributed by atoms with Gasteiger partial charge in [-0.15, -0.1) is 0 Å². The van der Waals surface area contributed by atoms with Gasteiger partial charge >= 0.3 is 0 Å². The molecule has 2 aromatic rings. The summed E-state index contributed by atoms with van der Waals surface area (Å²) in [5.74, 6) is -1.81. The average molecular weight is 364 g/mol. The number of carbonyl (C=O) groups is 1. The molecule has 1 atom stereocenters. The van der Waals surface area contributed by atoms with Crippen LogP contribution in [0.2, 0.25) is 0 Å². The zero-order valence-electron chi connectivity index (χ0n) is 11.5. The predicted octanol–water partition coefficient (Wildman–Crippen LogP) is 4.13. The number of Topliss-reactive ketones (excluding diaryl/α,β-unsaturated/α-hetero) is 1. The van der Waals surface area contributed by atoms with E-state index in [-0.39, 0.29) is 23.1 Å². The Hall–Kier alpha value is -2.06. The number of halogens is 3. The molecule has 0 aromatic heterocycles. The summed E-state index contributed by atoms with van der Waals surface area (Å²) in [7, 11) is 0. The lowest BCUT2D eigenvalue weighted by molar-refractivity contribution is -0.117. The van der Waals surface area contributed by atoms with Crippen LogP contribution < -0.4 is 0 Å². The van der Waals surface area contributed by atoms with Gasteiger partial charge in [0, 0.05) is 18.1 Å². The number of benzene rings is 2. The molecule has 5 heteroatoms. The minimum absolute atomic E-state index is 0.00287. The van der Waals surface area contributed by atoms with Gasteiger partial charge in [-0.1, -0.05) is 52.3 Å². The molecule has 2 aromatic carbocycles. The van der Waals surface area contributed by atoms with E-state index in [0.717, 1.165) is 12.1 Å². The van der Waals surface area contributed by atoms with Crippen LogP contribution in [0.25, 0.3) is 0 Å². The summed E-state index contributed by atoms with van der Waals surface area (Å²) >= 11 is 3.06. The molecule has 2 rings (SSSR count). The molecule has 112 valence electrons. The summed E-state index contributed by atoms with van der Waals surface area (Å²) in [6.07, 6.45) is -0.193. The molecular weight excluding hydrogens is 352 g/mol. The zero-order chi connectivity index (χ0) is 16.2. The summed E-state index contributed by atoms with van der Waals surface area (Å²) in [4.78, 5) is 11.9. The Morgan fingerprint density at radius 1 is 1.18 bits per heavy atom. The molecule has 1 unspecified atom stereocenters. The molecule has 0 saturated carbocycles. The van der Waals surface area contributed by atoms with E-state index in [0.29, 0.717) is 5.56 Å². The molecule has 0 heterocycles. The molecule has 2 nitrogen and oxygen atoms in total. The topological polar surface area (TPSA) is 40.9 Å². The molecule has 0 bridgehead atoms. The molecule has 0 amide bonds. The van der Waals surface area contributed by atoms with Gasteiger partial charge in [-0.2, -0.15) is 5.26 Å². The summed E-state index contributed by atoms with van der Waals surface area (Å²) in [6, 6.07) is 13.6. The number of carbonyl (C=O) groups excluding carboxylic acids is 1. The highest BCUT2D eigenvalue weighted by molar-refractivity contribution is 9.09. The van der Waals surface area contributed by atoms with Crippen molar-refractivity contribution in [2.45, 2.75) is 11.8 Å². The van der Waals surface area contributed by atoms with E-state index < -0.39 is 17.0 Å². The predicted molar refractivity (Wildman–Crippen MR) is 82.6 cm³/mol. The summed E-state index contributed by atoms with van der Waals surface area (Å²) < 4.78 is 27.4. The van der Waals surface area contributed by atoms with Crippen LogP contribution >= 0.6 is 15.9 Å². The van der Waals surface area contributed by atoms with Gasteiger partial charge in [-0.3, -0.25) is 4.79 Å². The van der Waals surface area contributed by atoms with Crippen molar-refractivity contribution in [3.05, 3.63) is 71.3 Å². The quantitative estimate of drug-likeness (QED) is 0.749. The number of hydrogen-bond acceptors (Lipinski definition) is 2. The van der Waals surface area contributed by atoms with Gasteiger partial charge in [0.2, 0.25) is 0 Å². The highest BCUT2D eigenvalue weighted by Crippen LogP contribution is 2.37. The van der Waals surface area contributed by atoms with Crippen LogP contribution in [0, 0.1) is 23.0 Å². The maximum Gasteiger partial charge on any atom is 0.145 e. The van der Waals surface area contributed by atoms with Gasteiger partial charge in [0.05, 0.1) is 11.4 Å². The van der Waals surface area contributed by atoms with Gasteiger partial charge in [0.25, 0.3) is 0 Å². The largest absolute Gasteiger partial charge is 0.299 e. The van der Waals surface area contributed by atoms with E-state index >= 15 is 0 Å². The first kappa shape index (κ1) is 16.3. The maximum atomic E-state index is 14.3. The Labute approximate surface area is 135 Å². The molecule has 22 heavy (non-hydrogen) atoms. The van der Waals surface area contributed by atoms with Gasteiger partial charge in [-0.25, -0.2) is 8.78 Å². The fourth-order valence-electron chi connectivity index (χ4n) is 2.42. The third-order valence-corrected chi connectivity index (χ3v) is 4.09. The number of alkyl halides is 1. The van der Waals surface area contributed by atoms with Gasteiger partial charge in [0.1, 0.15) is 22.8 Å². The Bertz CT molecular complexity index is 727. The SMILES string of the molecule is N#CC(CC(=O)CBr)(c1ccccc1)c1ccc(F)cc1F. The van der Waals surface area contributed by atoms with Crippen molar-refractivity contribution in [3.63, 3.8) is 0 Å². The normalized spacial score (nSPS) is 13.2. The van der Waals surface area contributed by atoms with Crippen LogP contribution in [-0.4, -0.2) is 11.1 Å². The number of hydrogen-bond donors (Lipinski definition) is 0. The standard InChI is InChI=1S/C17H12BrF2NO/c18-10-14(22)9-17(11-21,12-4-2-1-3-5-12)15-7-6-13(19)8-16(15)20/h1-8H,9-10H2. The lowest BCUT2D eigenvalue weighted by atomic mass is 9.72. The van der Waals surface area contributed by atoms with Crippen molar-refractivity contribution in [3.8, 4) is 6.07 Å². The number of nitriles is 1. The summed E-state index contributed by atoms with van der Waals surface area (Å²) in [5.41, 5.74) is -0.988. The van der Waals surface area contributed by atoms with Gasteiger partial charge in [0.15, 0.2) is 0 Å². The van der Waals surface area contributed by atoms with Crippen LogP contribution in [-0.2, 0) is 10.2 Å². The van der Waals surface area contributed by atoms with E-state index in [1.165, 1.54) is 6.07 Å². The number of ketones is 1. The molecule has 0 fully saturated rings. The van der Waals surface area contributed by atoms with Crippen molar-refractivity contribution < 1.29 is 13.6 Å². The van der Waals surface area contributed by atoms with Crippen molar-refractivity contribution >= 4 is 21.7 Å². The van der Waals surface area contributed by atoms with Crippen LogP contribution in [0.1, 0.15) is 17.5 Å². The smallest absolute Gasteiger partial charge is 0.145 e. The van der Waals surface area contributed by atoms with Crippen LogP contribution in [0.5, 0.6) is 0 Å².